The Morgan fingerprint density at radius 3 is 2.67 bits per heavy atom. The van der Waals surface area contributed by atoms with Crippen molar-refractivity contribution in [1.82, 2.24) is 9.80 Å². The van der Waals surface area contributed by atoms with Crippen LogP contribution in [0.5, 0.6) is 17.2 Å². The summed E-state index contributed by atoms with van der Waals surface area (Å²) >= 11 is 0. The molecule has 4 fully saturated rings. The summed E-state index contributed by atoms with van der Waals surface area (Å²) in [6.07, 6.45) is 6.08. The Hall–Kier alpha value is -1.95. The third-order valence-electron chi connectivity index (χ3n) is 6.72. The number of hydrogen-bond acceptors (Lipinski definition) is 5. The summed E-state index contributed by atoms with van der Waals surface area (Å²) in [5.74, 6) is 3.62. The van der Waals surface area contributed by atoms with E-state index >= 15 is 0 Å². The summed E-state index contributed by atoms with van der Waals surface area (Å²) in [5, 5.41) is 0. The number of benzene rings is 1. The van der Waals surface area contributed by atoms with Gasteiger partial charge in [-0.05, 0) is 37.7 Å². The van der Waals surface area contributed by atoms with E-state index in [1.165, 1.54) is 19.3 Å². The van der Waals surface area contributed by atoms with Crippen molar-refractivity contribution < 1.29 is 19.0 Å². The molecule has 0 spiro atoms. The van der Waals surface area contributed by atoms with Gasteiger partial charge in [-0.2, -0.15) is 0 Å². The lowest BCUT2D eigenvalue weighted by Gasteiger charge is -2.40. The lowest BCUT2D eigenvalue weighted by atomic mass is 9.83. The van der Waals surface area contributed by atoms with Gasteiger partial charge in [0.1, 0.15) is 5.75 Å². The minimum Gasteiger partial charge on any atom is -0.496 e. The molecule has 4 heterocycles. The van der Waals surface area contributed by atoms with Gasteiger partial charge in [0.05, 0.1) is 13.0 Å². The van der Waals surface area contributed by atoms with E-state index in [0.717, 1.165) is 67.8 Å². The van der Waals surface area contributed by atoms with Gasteiger partial charge in [0.25, 0.3) is 0 Å². The Kier molecular flexibility index (Phi) is 4.38. The van der Waals surface area contributed by atoms with Crippen LogP contribution in [0.1, 0.15) is 37.7 Å². The van der Waals surface area contributed by atoms with Crippen LogP contribution in [-0.2, 0) is 11.3 Å². The van der Waals surface area contributed by atoms with E-state index in [2.05, 4.69) is 9.80 Å². The summed E-state index contributed by atoms with van der Waals surface area (Å²) in [7, 11) is 1.69. The number of hydrogen-bond donors (Lipinski definition) is 0. The topological polar surface area (TPSA) is 51.2 Å². The first-order chi connectivity index (χ1) is 13.2. The molecule has 146 valence electrons. The molecular weight excluding hydrogens is 344 g/mol. The van der Waals surface area contributed by atoms with Gasteiger partial charge in [-0.3, -0.25) is 9.69 Å². The van der Waals surface area contributed by atoms with E-state index in [1.807, 2.05) is 12.1 Å². The first kappa shape index (κ1) is 17.2. The quantitative estimate of drug-likeness (QED) is 0.795. The van der Waals surface area contributed by atoms with Crippen molar-refractivity contribution in [1.29, 1.82) is 0 Å². The maximum absolute atomic E-state index is 13.0. The maximum Gasteiger partial charge on any atom is 0.231 e. The second kappa shape index (κ2) is 6.89. The number of ether oxygens (including phenoxy) is 3. The molecule has 27 heavy (non-hydrogen) atoms. The number of carbonyl (C=O) groups is 1. The van der Waals surface area contributed by atoms with Crippen LogP contribution in [0.3, 0.4) is 0 Å². The summed E-state index contributed by atoms with van der Waals surface area (Å²) < 4.78 is 16.6. The lowest BCUT2D eigenvalue weighted by Crippen LogP contribution is -2.50. The van der Waals surface area contributed by atoms with Crippen LogP contribution in [0.2, 0.25) is 0 Å². The molecule has 4 aliphatic heterocycles. The number of methoxy groups -OCH3 is 1. The predicted octanol–water partition coefficient (Wildman–Crippen LogP) is 2.65. The summed E-state index contributed by atoms with van der Waals surface area (Å²) in [5.41, 5.74) is 1.10. The molecule has 0 aromatic heterocycles. The van der Waals surface area contributed by atoms with Crippen LogP contribution in [0.25, 0.3) is 0 Å². The van der Waals surface area contributed by atoms with Crippen LogP contribution >= 0.6 is 0 Å². The predicted molar refractivity (Wildman–Crippen MR) is 100.0 cm³/mol. The average molecular weight is 372 g/mol. The number of fused-ring (bicyclic) bond motifs is 5. The monoisotopic (exact) mass is 372 g/mol. The summed E-state index contributed by atoms with van der Waals surface area (Å²) in [6.45, 7) is 3.81. The molecule has 1 saturated carbocycles. The van der Waals surface area contributed by atoms with Gasteiger partial charge in [0.2, 0.25) is 12.7 Å². The number of amides is 1. The standard InChI is InChI=1S/C21H28N2O4/c1-25-18-8-20-19(26-13-27-20)7-16(18)11-22-10-15-5-6-17(12-22)23(21(15)24)9-14-3-2-4-14/h7-8,14-15,17H,2-6,9-13H2,1H3/t15-,17+/m0/s1. The average Bonchev–Trinajstić information content (AvgIpc) is 2.93. The van der Waals surface area contributed by atoms with E-state index in [4.69, 9.17) is 14.2 Å². The zero-order valence-corrected chi connectivity index (χ0v) is 16.0. The molecule has 0 radical (unpaired) electrons. The van der Waals surface area contributed by atoms with Gasteiger partial charge in [-0.15, -0.1) is 0 Å². The van der Waals surface area contributed by atoms with E-state index < -0.39 is 0 Å². The van der Waals surface area contributed by atoms with Gasteiger partial charge in [-0.25, -0.2) is 0 Å². The molecule has 3 saturated heterocycles. The Bertz CT molecular complexity index is 733. The summed E-state index contributed by atoms with van der Waals surface area (Å²) in [4.78, 5) is 17.6. The molecule has 1 amide bonds. The van der Waals surface area contributed by atoms with Gasteiger partial charge < -0.3 is 19.1 Å². The zero-order chi connectivity index (χ0) is 18.4. The fourth-order valence-corrected chi connectivity index (χ4v) is 4.97. The SMILES string of the molecule is COc1cc2c(cc1CN1C[C@@H]3CC[C@H](C1)N(CC1CCC1)C3=O)OCO2. The molecule has 1 aliphatic carbocycles. The highest BCUT2D eigenvalue weighted by molar-refractivity contribution is 5.80. The first-order valence-corrected chi connectivity index (χ1v) is 10.2. The fourth-order valence-electron chi connectivity index (χ4n) is 4.97. The van der Waals surface area contributed by atoms with E-state index in [0.29, 0.717) is 11.9 Å². The molecule has 0 N–H and O–H groups in total. The molecule has 5 aliphatic rings. The molecule has 0 unspecified atom stereocenters. The molecule has 6 nitrogen and oxygen atoms in total. The third-order valence-corrected chi connectivity index (χ3v) is 6.72. The van der Waals surface area contributed by atoms with Crippen molar-refractivity contribution in [3.05, 3.63) is 17.7 Å². The van der Waals surface area contributed by atoms with Crippen molar-refractivity contribution in [3.8, 4) is 17.2 Å². The molecule has 2 atom stereocenters. The lowest BCUT2D eigenvalue weighted by molar-refractivity contribution is -0.141. The molecule has 2 bridgehead atoms. The minimum atomic E-state index is 0.142. The molecule has 6 rings (SSSR count). The van der Waals surface area contributed by atoms with Crippen molar-refractivity contribution in [2.45, 2.75) is 44.7 Å². The highest BCUT2D eigenvalue weighted by Gasteiger charge is 2.41. The Morgan fingerprint density at radius 2 is 1.93 bits per heavy atom. The van der Waals surface area contributed by atoms with Crippen LogP contribution in [0.15, 0.2) is 12.1 Å². The first-order valence-electron chi connectivity index (χ1n) is 10.2. The van der Waals surface area contributed by atoms with Crippen molar-refractivity contribution in [3.63, 3.8) is 0 Å². The second-order valence-electron chi connectivity index (χ2n) is 8.43. The molecule has 1 aromatic rings. The number of piperidine rings is 1. The highest BCUT2D eigenvalue weighted by Crippen LogP contribution is 2.39. The van der Waals surface area contributed by atoms with Crippen LogP contribution in [0.4, 0.5) is 0 Å². The van der Waals surface area contributed by atoms with Crippen LogP contribution in [-0.4, -0.2) is 55.3 Å². The number of rotatable bonds is 5. The number of carbonyl (C=O) groups excluding carboxylic acids is 1. The van der Waals surface area contributed by atoms with Gasteiger partial charge in [-0.1, -0.05) is 6.42 Å². The maximum atomic E-state index is 13.0. The zero-order valence-electron chi connectivity index (χ0n) is 16.0. The van der Waals surface area contributed by atoms with Crippen molar-refractivity contribution in [2.75, 3.05) is 33.5 Å². The van der Waals surface area contributed by atoms with Gasteiger partial charge in [0.15, 0.2) is 11.5 Å². The van der Waals surface area contributed by atoms with Crippen LogP contribution in [0, 0.1) is 11.8 Å². The third kappa shape index (κ3) is 3.14. The minimum absolute atomic E-state index is 0.142. The van der Waals surface area contributed by atoms with Crippen molar-refractivity contribution >= 4 is 5.91 Å². The van der Waals surface area contributed by atoms with Crippen molar-refractivity contribution in [2.24, 2.45) is 11.8 Å². The molecule has 6 heteroatoms. The van der Waals surface area contributed by atoms with E-state index in [-0.39, 0.29) is 12.7 Å². The largest absolute Gasteiger partial charge is 0.496 e. The second-order valence-corrected chi connectivity index (χ2v) is 8.43. The van der Waals surface area contributed by atoms with E-state index in [9.17, 15) is 4.79 Å². The Balaban J connectivity index is 1.34. The van der Waals surface area contributed by atoms with Gasteiger partial charge >= 0.3 is 0 Å². The van der Waals surface area contributed by atoms with E-state index in [1.54, 1.807) is 7.11 Å². The Labute approximate surface area is 160 Å². The fraction of sp³-hybridized carbons (Fsp3) is 0.667. The summed E-state index contributed by atoms with van der Waals surface area (Å²) in [6, 6.07) is 4.30. The highest BCUT2D eigenvalue weighted by atomic mass is 16.7. The number of nitrogens with zero attached hydrogens (tertiary/aromatic N) is 2. The smallest absolute Gasteiger partial charge is 0.231 e. The van der Waals surface area contributed by atoms with Crippen LogP contribution < -0.4 is 14.2 Å². The normalized spacial score (nSPS) is 27.6. The molecule has 1 aromatic carbocycles. The Morgan fingerprint density at radius 1 is 1.11 bits per heavy atom. The molecular formula is C21H28N2O4. The van der Waals surface area contributed by atoms with Gasteiger partial charge in [0, 0.05) is 43.9 Å².